The number of hydrogen-bond acceptors (Lipinski definition) is 8. The van der Waals surface area contributed by atoms with Crippen molar-refractivity contribution in [2.45, 2.75) is 50.9 Å². The van der Waals surface area contributed by atoms with Gasteiger partial charge in [-0.15, -0.1) is 0 Å². The van der Waals surface area contributed by atoms with Gasteiger partial charge in [0.2, 0.25) is 11.9 Å². The second kappa shape index (κ2) is 15.2. The van der Waals surface area contributed by atoms with E-state index in [-0.39, 0.29) is 11.8 Å². The number of rotatable bonds is 12. The van der Waals surface area contributed by atoms with E-state index >= 15 is 0 Å². The van der Waals surface area contributed by atoms with Crippen LogP contribution >= 0.6 is 11.6 Å². The highest BCUT2D eigenvalue weighted by Crippen LogP contribution is 2.38. The van der Waals surface area contributed by atoms with Crippen molar-refractivity contribution in [1.82, 2.24) is 20.6 Å². The normalized spacial score (nSPS) is 18.1. The van der Waals surface area contributed by atoms with Gasteiger partial charge in [0.05, 0.1) is 6.20 Å². The predicted molar refractivity (Wildman–Crippen MR) is 203 cm³/mol. The molecule has 256 valence electrons. The Hall–Kier alpha value is -4.76. The van der Waals surface area contributed by atoms with E-state index in [0.717, 1.165) is 97.9 Å². The zero-order chi connectivity index (χ0) is 34.5. The Kier molecular flexibility index (Phi) is 10.6. The molecule has 0 aliphatic carbocycles. The van der Waals surface area contributed by atoms with Crippen LogP contribution in [-0.2, 0) is 4.79 Å². The van der Waals surface area contributed by atoms with Gasteiger partial charge in [0.1, 0.15) is 5.02 Å². The van der Waals surface area contributed by atoms with Gasteiger partial charge in [0, 0.05) is 85.8 Å². The van der Waals surface area contributed by atoms with Gasteiger partial charge in [-0.05, 0) is 92.0 Å². The van der Waals surface area contributed by atoms with E-state index in [4.69, 9.17) is 16.6 Å². The molecule has 3 aliphatic heterocycles. The summed E-state index contributed by atoms with van der Waals surface area (Å²) in [6.45, 7) is 15.2. The highest BCUT2D eigenvalue weighted by atomic mass is 35.5. The van der Waals surface area contributed by atoms with E-state index < -0.39 is 0 Å². The van der Waals surface area contributed by atoms with Crippen LogP contribution in [0.4, 0.5) is 28.8 Å². The number of carbonyl (C=O) groups is 1. The standard InChI is InChI=1S/C39H47ClN8O/c1-25(41-4)6-7-30-22-31-23-33(12-14-36(31)47(5)27(30)3)45-38-35(40)24-43-39(46-38)48-20-17-28(18-21-48)16-19-42-32-10-8-29(9-11-32)34-13-15-37(49)44-26(34)2/h8-12,14,22-24,28,34,41-42H,1-3,6-7,13,15-21H2,4-5H3,(H,44,49)(H,43,45,46). The minimum atomic E-state index is 0.0606. The fraction of sp³-hybridized carbons (Fsp3) is 0.359. The molecule has 0 saturated carbocycles. The maximum Gasteiger partial charge on any atom is 0.227 e. The number of nitrogens with one attached hydrogen (secondary N) is 4. The molecule has 4 N–H and O–H groups in total. The molecule has 10 heteroatoms. The molecule has 1 unspecified atom stereocenters. The topological polar surface area (TPSA) is 97.5 Å². The highest BCUT2D eigenvalue weighted by molar-refractivity contribution is 6.32. The molecule has 1 amide bonds. The lowest BCUT2D eigenvalue weighted by molar-refractivity contribution is -0.121. The number of hydrogen-bond donors (Lipinski definition) is 4. The number of nitrogens with zero attached hydrogens (tertiary/aromatic N) is 4. The lowest BCUT2D eigenvalue weighted by Crippen LogP contribution is -2.35. The summed E-state index contributed by atoms with van der Waals surface area (Å²) in [5, 5.41) is 13.5. The fourth-order valence-electron chi connectivity index (χ4n) is 6.87. The highest BCUT2D eigenvalue weighted by Gasteiger charge is 2.24. The quantitative estimate of drug-likeness (QED) is 0.153. The van der Waals surface area contributed by atoms with E-state index in [1.165, 1.54) is 11.1 Å². The number of fused-ring (bicyclic) bond motifs is 1. The molecule has 0 radical (unpaired) electrons. The minimum absolute atomic E-state index is 0.0606. The van der Waals surface area contributed by atoms with Crippen LogP contribution in [0.3, 0.4) is 0 Å². The molecule has 1 aromatic heterocycles. The third-order valence-corrected chi connectivity index (χ3v) is 10.3. The Morgan fingerprint density at radius 1 is 1.08 bits per heavy atom. The van der Waals surface area contributed by atoms with Crippen molar-refractivity contribution in [1.29, 1.82) is 0 Å². The number of carbonyl (C=O) groups excluding carboxylic acids is 1. The third kappa shape index (κ3) is 8.11. The number of aromatic nitrogens is 2. The molecule has 2 saturated heterocycles. The second-order valence-corrected chi connectivity index (χ2v) is 13.6. The van der Waals surface area contributed by atoms with E-state index in [1.54, 1.807) is 6.20 Å². The molecule has 49 heavy (non-hydrogen) atoms. The van der Waals surface area contributed by atoms with E-state index in [1.807, 2.05) is 13.1 Å². The molecule has 4 heterocycles. The Morgan fingerprint density at radius 2 is 1.84 bits per heavy atom. The van der Waals surface area contributed by atoms with Crippen molar-refractivity contribution in [2.24, 2.45) is 5.92 Å². The van der Waals surface area contributed by atoms with Gasteiger partial charge < -0.3 is 31.1 Å². The van der Waals surface area contributed by atoms with Gasteiger partial charge in [-0.25, -0.2) is 4.98 Å². The Balaban J connectivity index is 1.01. The van der Waals surface area contributed by atoms with E-state index in [2.05, 4.69) is 105 Å². The number of anilines is 5. The molecule has 2 aromatic carbocycles. The molecular formula is C39H47ClN8O. The van der Waals surface area contributed by atoms with Crippen LogP contribution in [0.1, 0.15) is 62.0 Å². The molecule has 9 nitrogen and oxygen atoms in total. The van der Waals surface area contributed by atoms with Crippen molar-refractivity contribution in [3.8, 4) is 0 Å². The van der Waals surface area contributed by atoms with Crippen LogP contribution in [0.25, 0.3) is 6.08 Å². The average molecular weight is 679 g/mol. The van der Waals surface area contributed by atoms with E-state index in [0.29, 0.717) is 29.1 Å². The van der Waals surface area contributed by atoms with Crippen LogP contribution in [0.5, 0.6) is 0 Å². The van der Waals surface area contributed by atoms with Crippen molar-refractivity contribution < 1.29 is 4.79 Å². The third-order valence-electron chi connectivity index (χ3n) is 10.0. The van der Waals surface area contributed by atoms with Crippen LogP contribution in [0.2, 0.25) is 5.02 Å². The largest absolute Gasteiger partial charge is 0.392 e. The number of likely N-dealkylation sites (N-methyl/N-ethyl adjacent to an activating group) is 1. The molecular weight excluding hydrogens is 632 g/mol. The van der Waals surface area contributed by atoms with Crippen molar-refractivity contribution in [3.05, 3.63) is 107 Å². The Bertz CT molecular complexity index is 1760. The van der Waals surface area contributed by atoms with Gasteiger partial charge in [0.15, 0.2) is 5.82 Å². The fourth-order valence-corrected chi connectivity index (χ4v) is 7.01. The van der Waals surface area contributed by atoms with Crippen molar-refractivity contribution >= 4 is 52.4 Å². The summed E-state index contributed by atoms with van der Waals surface area (Å²) >= 11 is 6.59. The van der Waals surface area contributed by atoms with E-state index in [9.17, 15) is 4.79 Å². The first-order valence-electron chi connectivity index (χ1n) is 17.2. The molecule has 0 bridgehead atoms. The van der Waals surface area contributed by atoms with Crippen molar-refractivity contribution in [3.63, 3.8) is 0 Å². The number of amides is 1. The van der Waals surface area contributed by atoms with Gasteiger partial charge >= 0.3 is 0 Å². The summed E-state index contributed by atoms with van der Waals surface area (Å²) in [4.78, 5) is 25.5. The molecule has 1 atom stereocenters. The maximum atomic E-state index is 11.6. The smallest absolute Gasteiger partial charge is 0.227 e. The molecule has 3 aromatic rings. The number of piperidine rings is 2. The van der Waals surface area contributed by atoms with Gasteiger partial charge in [-0.2, -0.15) is 4.98 Å². The van der Waals surface area contributed by atoms with Gasteiger partial charge in [-0.1, -0.05) is 43.5 Å². The number of allylic oxidation sites excluding steroid dienone is 3. The monoisotopic (exact) mass is 678 g/mol. The zero-order valence-corrected chi connectivity index (χ0v) is 29.4. The van der Waals surface area contributed by atoms with Gasteiger partial charge in [-0.3, -0.25) is 4.79 Å². The molecule has 3 aliphatic rings. The summed E-state index contributed by atoms with van der Waals surface area (Å²) in [5.41, 5.74) is 9.45. The Labute approximate surface area is 295 Å². The van der Waals surface area contributed by atoms with Crippen LogP contribution in [0, 0.1) is 5.92 Å². The lowest BCUT2D eigenvalue weighted by Gasteiger charge is -2.32. The second-order valence-electron chi connectivity index (χ2n) is 13.2. The zero-order valence-electron chi connectivity index (χ0n) is 28.6. The lowest BCUT2D eigenvalue weighted by atomic mass is 9.88. The molecule has 2 fully saturated rings. The van der Waals surface area contributed by atoms with Gasteiger partial charge in [0.25, 0.3) is 0 Å². The van der Waals surface area contributed by atoms with Crippen LogP contribution < -0.4 is 31.1 Å². The molecule has 0 spiro atoms. The first-order valence-corrected chi connectivity index (χ1v) is 17.6. The van der Waals surface area contributed by atoms with Crippen LogP contribution in [0.15, 0.2) is 91.1 Å². The summed E-state index contributed by atoms with van der Waals surface area (Å²) < 4.78 is 0. The first kappa shape index (κ1) is 34.1. The predicted octanol–water partition coefficient (Wildman–Crippen LogP) is 7.96. The van der Waals surface area contributed by atoms with Crippen LogP contribution in [-0.4, -0.2) is 49.6 Å². The number of halogens is 1. The first-order chi connectivity index (χ1) is 23.7. The van der Waals surface area contributed by atoms with Crippen molar-refractivity contribution in [2.75, 3.05) is 54.2 Å². The summed E-state index contributed by atoms with van der Waals surface area (Å²) in [6.07, 6.45) is 10.3. The number of benzene rings is 2. The molecule has 6 rings (SSSR count). The summed E-state index contributed by atoms with van der Waals surface area (Å²) in [7, 11) is 3.96. The Morgan fingerprint density at radius 3 is 2.57 bits per heavy atom. The minimum Gasteiger partial charge on any atom is -0.392 e. The summed E-state index contributed by atoms with van der Waals surface area (Å²) in [5.74, 6) is 2.19. The SMILES string of the molecule is C=C(CCC1=Cc2cc(Nc3nc(N4CCC(CCNc5ccc(C6CCC(=O)NC6=C)cc5)CC4)ncc3Cl)ccc2N(C)C1=C)NC. The average Bonchev–Trinajstić information content (AvgIpc) is 3.10. The maximum absolute atomic E-state index is 11.6. The summed E-state index contributed by atoms with van der Waals surface area (Å²) in [6, 6.07) is 14.8.